The van der Waals surface area contributed by atoms with E-state index in [-0.39, 0.29) is 0 Å². The molecule has 1 aromatic carbocycles. The topological polar surface area (TPSA) is 9.23 Å². The molecule has 0 heterocycles. The predicted molar refractivity (Wildman–Crippen MR) is 77.0 cm³/mol. The van der Waals surface area contributed by atoms with Gasteiger partial charge in [-0.2, -0.15) is 0 Å². The molecular formula is C11H14I2O. The van der Waals surface area contributed by atoms with E-state index in [2.05, 4.69) is 64.2 Å². The minimum Gasteiger partial charge on any atom is -0.496 e. The van der Waals surface area contributed by atoms with Crippen LogP contribution in [0.5, 0.6) is 5.75 Å². The maximum Gasteiger partial charge on any atom is 0.124 e. The highest BCUT2D eigenvalue weighted by molar-refractivity contribution is 14.1. The molecule has 78 valence electrons. The van der Waals surface area contributed by atoms with Crippen LogP contribution in [0.2, 0.25) is 0 Å². The Morgan fingerprint density at radius 3 is 2.57 bits per heavy atom. The largest absolute Gasteiger partial charge is 0.496 e. The summed E-state index contributed by atoms with van der Waals surface area (Å²) in [4.78, 5) is 0. The minimum atomic E-state index is 1.04. The summed E-state index contributed by atoms with van der Waals surface area (Å²) >= 11 is 4.71. The second-order valence-corrected chi connectivity index (χ2v) is 5.58. The SMILES string of the molecule is CCCCc1c(I)cc(I)cc1OC. The molecule has 1 nitrogen and oxygen atoms in total. The lowest BCUT2D eigenvalue weighted by Gasteiger charge is -2.10. The zero-order valence-corrected chi connectivity index (χ0v) is 12.8. The molecule has 0 spiro atoms. The van der Waals surface area contributed by atoms with Crippen molar-refractivity contribution in [2.45, 2.75) is 26.2 Å². The van der Waals surface area contributed by atoms with E-state index in [0.717, 1.165) is 12.2 Å². The van der Waals surface area contributed by atoms with Gasteiger partial charge in [0.2, 0.25) is 0 Å². The lowest BCUT2D eigenvalue weighted by atomic mass is 10.1. The number of unbranched alkanes of at least 4 members (excludes halogenated alkanes) is 1. The van der Waals surface area contributed by atoms with Gasteiger partial charge in [-0.25, -0.2) is 0 Å². The second-order valence-electron chi connectivity index (χ2n) is 3.17. The Labute approximate surface area is 113 Å². The first-order valence-electron chi connectivity index (χ1n) is 4.71. The smallest absolute Gasteiger partial charge is 0.124 e. The van der Waals surface area contributed by atoms with Crippen LogP contribution in [0.3, 0.4) is 0 Å². The van der Waals surface area contributed by atoms with Gasteiger partial charge < -0.3 is 4.74 Å². The van der Waals surface area contributed by atoms with Crippen LogP contribution in [-0.2, 0) is 6.42 Å². The first-order valence-corrected chi connectivity index (χ1v) is 6.86. The predicted octanol–water partition coefficient (Wildman–Crippen LogP) is 4.25. The van der Waals surface area contributed by atoms with Gasteiger partial charge in [0.15, 0.2) is 0 Å². The van der Waals surface area contributed by atoms with E-state index in [9.17, 15) is 0 Å². The third kappa shape index (κ3) is 3.25. The summed E-state index contributed by atoms with van der Waals surface area (Å²) in [7, 11) is 1.75. The molecule has 0 N–H and O–H groups in total. The van der Waals surface area contributed by atoms with Gasteiger partial charge >= 0.3 is 0 Å². The molecule has 0 radical (unpaired) electrons. The van der Waals surface area contributed by atoms with Gasteiger partial charge in [0.1, 0.15) is 5.75 Å². The first-order chi connectivity index (χ1) is 6.69. The van der Waals surface area contributed by atoms with Gasteiger partial charge in [0.05, 0.1) is 7.11 Å². The molecule has 14 heavy (non-hydrogen) atoms. The van der Waals surface area contributed by atoms with E-state index in [1.807, 2.05) is 0 Å². The van der Waals surface area contributed by atoms with Crippen LogP contribution in [0.4, 0.5) is 0 Å². The van der Waals surface area contributed by atoms with Crippen LogP contribution in [0.15, 0.2) is 12.1 Å². The van der Waals surface area contributed by atoms with Gasteiger partial charge in [-0.1, -0.05) is 13.3 Å². The number of methoxy groups -OCH3 is 1. The van der Waals surface area contributed by atoms with Crippen LogP contribution >= 0.6 is 45.2 Å². The summed E-state index contributed by atoms with van der Waals surface area (Å²) in [5, 5.41) is 0. The lowest BCUT2D eigenvalue weighted by molar-refractivity contribution is 0.408. The van der Waals surface area contributed by atoms with Crippen molar-refractivity contribution in [3.63, 3.8) is 0 Å². The third-order valence-corrected chi connectivity index (χ3v) is 3.70. The van der Waals surface area contributed by atoms with Crippen molar-refractivity contribution in [2.24, 2.45) is 0 Å². The van der Waals surface area contributed by atoms with Crippen molar-refractivity contribution in [3.05, 3.63) is 24.8 Å². The van der Waals surface area contributed by atoms with Gasteiger partial charge in [0.25, 0.3) is 0 Å². The molecule has 0 amide bonds. The monoisotopic (exact) mass is 416 g/mol. The number of hydrogen-bond donors (Lipinski definition) is 0. The number of hydrogen-bond acceptors (Lipinski definition) is 1. The summed E-state index contributed by atoms with van der Waals surface area (Å²) in [5.74, 6) is 1.04. The number of rotatable bonds is 4. The molecular weight excluding hydrogens is 402 g/mol. The van der Waals surface area contributed by atoms with Crippen molar-refractivity contribution in [2.75, 3.05) is 7.11 Å². The summed E-state index contributed by atoms with van der Waals surface area (Å²) in [6, 6.07) is 4.31. The Balaban J connectivity index is 2.99. The average Bonchev–Trinajstić information content (AvgIpc) is 2.15. The maximum absolute atomic E-state index is 5.39. The molecule has 0 unspecified atom stereocenters. The summed E-state index contributed by atoms with van der Waals surface area (Å²) < 4.78 is 7.95. The lowest BCUT2D eigenvalue weighted by Crippen LogP contribution is -1.96. The molecule has 1 aromatic rings. The average molecular weight is 416 g/mol. The van der Waals surface area contributed by atoms with E-state index < -0.39 is 0 Å². The van der Waals surface area contributed by atoms with E-state index in [1.54, 1.807) is 7.11 Å². The highest BCUT2D eigenvalue weighted by Gasteiger charge is 2.08. The number of halogens is 2. The number of benzene rings is 1. The molecule has 0 aliphatic heterocycles. The van der Waals surface area contributed by atoms with Crippen LogP contribution in [0.1, 0.15) is 25.3 Å². The van der Waals surface area contributed by atoms with Gasteiger partial charge in [-0.05, 0) is 70.2 Å². The zero-order valence-electron chi connectivity index (χ0n) is 8.44. The van der Waals surface area contributed by atoms with E-state index in [1.165, 1.54) is 25.5 Å². The molecule has 0 saturated carbocycles. The van der Waals surface area contributed by atoms with E-state index in [0.29, 0.717) is 0 Å². The fourth-order valence-electron chi connectivity index (χ4n) is 1.36. The summed E-state index contributed by atoms with van der Waals surface area (Å²) in [5.41, 5.74) is 1.36. The minimum absolute atomic E-state index is 1.04. The summed E-state index contributed by atoms with van der Waals surface area (Å²) in [6.45, 7) is 2.21. The fraction of sp³-hybridized carbons (Fsp3) is 0.455. The Morgan fingerprint density at radius 2 is 2.00 bits per heavy atom. The van der Waals surface area contributed by atoms with Crippen molar-refractivity contribution in [3.8, 4) is 5.75 Å². The van der Waals surface area contributed by atoms with Gasteiger partial charge in [-0.15, -0.1) is 0 Å². The van der Waals surface area contributed by atoms with Gasteiger partial charge in [0, 0.05) is 12.7 Å². The molecule has 0 bridgehead atoms. The standard InChI is InChI=1S/C11H14I2O/c1-3-4-5-9-10(13)6-8(12)7-11(9)14-2/h6-7H,3-5H2,1-2H3. The highest BCUT2D eigenvalue weighted by Crippen LogP contribution is 2.28. The van der Waals surface area contributed by atoms with E-state index in [4.69, 9.17) is 4.74 Å². The molecule has 0 aliphatic carbocycles. The van der Waals surface area contributed by atoms with Crippen LogP contribution < -0.4 is 4.74 Å². The third-order valence-electron chi connectivity index (χ3n) is 2.12. The molecule has 1 rings (SSSR count). The first kappa shape index (κ1) is 12.5. The molecule has 0 aromatic heterocycles. The highest BCUT2D eigenvalue weighted by atomic mass is 127. The zero-order chi connectivity index (χ0) is 10.6. The normalized spacial score (nSPS) is 10.3. The Hall–Kier alpha value is 0.480. The fourth-order valence-corrected chi connectivity index (χ4v) is 3.42. The molecule has 3 heteroatoms. The van der Waals surface area contributed by atoms with Crippen molar-refractivity contribution in [1.82, 2.24) is 0 Å². The van der Waals surface area contributed by atoms with Crippen molar-refractivity contribution in [1.29, 1.82) is 0 Å². The number of ether oxygens (including phenoxy) is 1. The molecule has 0 aliphatic rings. The second kappa shape index (κ2) is 6.15. The van der Waals surface area contributed by atoms with Crippen molar-refractivity contribution < 1.29 is 4.74 Å². The Bertz CT molecular complexity index is 310. The molecule has 0 atom stereocenters. The van der Waals surface area contributed by atoms with E-state index >= 15 is 0 Å². The van der Waals surface area contributed by atoms with Crippen LogP contribution in [-0.4, -0.2) is 7.11 Å². The van der Waals surface area contributed by atoms with Crippen molar-refractivity contribution >= 4 is 45.2 Å². The summed E-state index contributed by atoms with van der Waals surface area (Å²) in [6.07, 6.45) is 3.58. The maximum atomic E-state index is 5.39. The molecule has 0 fully saturated rings. The van der Waals surface area contributed by atoms with Crippen LogP contribution in [0, 0.1) is 7.14 Å². The van der Waals surface area contributed by atoms with Crippen LogP contribution in [0.25, 0.3) is 0 Å². The van der Waals surface area contributed by atoms with Gasteiger partial charge in [-0.3, -0.25) is 0 Å². The Kier molecular flexibility index (Phi) is 5.51. The molecule has 0 saturated heterocycles. The Morgan fingerprint density at radius 1 is 1.29 bits per heavy atom. The quantitative estimate of drug-likeness (QED) is 0.668.